The van der Waals surface area contributed by atoms with Gasteiger partial charge in [0.2, 0.25) is 5.88 Å². The second-order valence-corrected chi connectivity index (χ2v) is 8.22. The lowest BCUT2D eigenvalue weighted by atomic mass is 9.91. The smallest absolute Gasteiger partial charge is 0.340 e. The van der Waals surface area contributed by atoms with Crippen molar-refractivity contribution in [1.82, 2.24) is 4.98 Å². The highest BCUT2D eigenvalue weighted by Gasteiger charge is 2.23. The van der Waals surface area contributed by atoms with E-state index in [-0.39, 0.29) is 16.3 Å². The molecule has 0 aliphatic carbocycles. The van der Waals surface area contributed by atoms with Crippen molar-refractivity contribution in [3.8, 4) is 5.88 Å². The van der Waals surface area contributed by atoms with Crippen LogP contribution in [0.15, 0.2) is 41.3 Å². The van der Waals surface area contributed by atoms with Gasteiger partial charge in [0.25, 0.3) is 0 Å². The molecule has 0 saturated carbocycles. The van der Waals surface area contributed by atoms with Crippen molar-refractivity contribution in [1.29, 1.82) is 0 Å². The van der Waals surface area contributed by atoms with E-state index in [2.05, 4.69) is 4.98 Å². The van der Waals surface area contributed by atoms with E-state index in [1.54, 1.807) is 18.2 Å². The van der Waals surface area contributed by atoms with E-state index in [0.29, 0.717) is 5.69 Å². The lowest BCUT2D eigenvalue weighted by Crippen LogP contribution is -2.18. The first-order valence-electron chi connectivity index (χ1n) is 7.65. The standard InChI is InChI=1S/C18H21NO5S/c1-12-6-8-14(9-7-12)25(21,22)24-16-11-13(17(20)23-5)10-15(19-16)18(2,3)4/h6-11H,1-5H3. The number of hydrogen-bond acceptors (Lipinski definition) is 6. The van der Waals surface area contributed by atoms with Gasteiger partial charge in [-0.15, -0.1) is 0 Å². The third kappa shape index (κ3) is 4.57. The lowest BCUT2D eigenvalue weighted by Gasteiger charge is -2.19. The van der Waals surface area contributed by atoms with Gasteiger partial charge < -0.3 is 8.92 Å². The van der Waals surface area contributed by atoms with Gasteiger partial charge in [0, 0.05) is 11.5 Å². The Morgan fingerprint density at radius 3 is 2.20 bits per heavy atom. The van der Waals surface area contributed by atoms with Crippen molar-refractivity contribution in [2.45, 2.75) is 38.0 Å². The summed E-state index contributed by atoms with van der Waals surface area (Å²) in [5.74, 6) is -0.765. The average Bonchev–Trinajstić information content (AvgIpc) is 2.53. The van der Waals surface area contributed by atoms with Crippen LogP contribution in [-0.2, 0) is 20.3 Å². The van der Waals surface area contributed by atoms with Crippen LogP contribution in [0.5, 0.6) is 5.88 Å². The van der Waals surface area contributed by atoms with Crippen LogP contribution in [0.4, 0.5) is 0 Å². The molecule has 25 heavy (non-hydrogen) atoms. The number of rotatable bonds is 4. The van der Waals surface area contributed by atoms with Crippen LogP contribution in [0.25, 0.3) is 0 Å². The third-order valence-electron chi connectivity index (χ3n) is 3.50. The summed E-state index contributed by atoms with van der Waals surface area (Å²) in [5.41, 5.74) is 1.22. The zero-order chi connectivity index (χ0) is 18.8. The molecule has 7 heteroatoms. The second-order valence-electron chi connectivity index (χ2n) is 6.67. The third-order valence-corrected chi connectivity index (χ3v) is 4.74. The molecule has 0 fully saturated rings. The maximum atomic E-state index is 12.4. The zero-order valence-corrected chi connectivity index (χ0v) is 15.7. The Balaban J connectivity index is 2.47. The molecule has 6 nitrogen and oxygen atoms in total. The number of nitrogens with zero attached hydrogens (tertiary/aromatic N) is 1. The van der Waals surface area contributed by atoms with Gasteiger partial charge in [-0.3, -0.25) is 0 Å². The molecule has 2 rings (SSSR count). The van der Waals surface area contributed by atoms with Crippen LogP contribution < -0.4 is 4.18 Å². The Labute approximate surface area is 147 Å². The summed E-state index contributed by atoms with van der Waals surface area (Å²) in [7, 11) is -2.80. The summed E-state index contributed by atoms with van der Waals surface area (Å²) in [5, 5.41) is 0. The lowest BCUT2D eigenvalue weighted by molar-refractivity contribution is 0.0600. The maximum absolute atomic E-state index is 12.4. The first kappa shape index (κ1) is 18.9. The molecule has 0 aliphatic heterocycles. The van der Waals surface area contributed by atoms with Crippen molar-refractivity contribution >= 4 is 16.1 Å². The molecule has 0 radical (unpaired) electrons. The van der Waals surface area contributed by atoms with Gasteiger partial charge in [-0.2, -0.15) is 8.42 Å². The Morgan fingerprint density at radius 1 is 1.08 bits per heavy atom. The van der Waals surface area contributed by atoms with Crippen molar-refractivity contribution in [3.05, 3.63) is 53.2 Å². The molecule has 1 heterocycles. The molecule has 134 valence electrons. The number of carbonyl (C=O) groups is 1. The molecule has 0 aliphatic rings. The highest BCUT2D eigenvalue weighted by atomic mass is 32.2. The summed E-state index contributed by atoms with van der Waals surface area (Å²) in [6, 6.07) is 9.09. The number of carbonyl (C=O) groups excluding carboxylic acids is 1. The van der Waals surface area contributed by atoms with Gasteiger partial charge >= 0.3 is 16.1 Å². The number of aryl methyl sites for hydroxylation is 1. The van der Waals surface area contributed by atoms with Crippen LogP contribution in [0.3, 0.4) is 0 Å². The van der Waals surface area contributed by atoms with Crippen molar-refractivity contribution < 1.29 is 22.1 Å². The van der Waals surface area contributed by atoms with E-state index >= 15 is 0 Å². The van der Waals surface area contributed by atoms with Crippen molar-refractivity contribution in [3.63, 3.8) is 0 Å². The molecule has 2 aromatic rings. The van der Waals surface area contributed by atoms with E-state index < -0.39 is 21.5 Å². The summed E-state index contributed by atoms with van der Waals surface area (Å²) in [4.78, 5) is 16.1. The maximum Gasteiger partial charge on any atom is 0.340 e. The first-order valence-corrected chi connectivity index (χ1v) is 9.06. The van der Waals surface area contributed by atoms with Gasteiger partial charge in [0.1, 0.15) is 4.90 Å². The zero-order valence-electron chi connectivity index (χ0n) is 14.9. The summed E-state index contributed by atoms with van der Waals surface area (Å²) < 4.78 is 34.8. The molecule has 0 spiro atoms. The predicted molar refractivity (Wildman–Crippen MR) is 93.3 cm³/mol. The molecular weight excluding hydrogens is 342 g/mol. The van der Waals surface area contributed by atoms with Gasteiger partial charge in [-0.05, 0) is 25.1 Å². The van der Waals surface area contributed by atoms with Gasteiger partial charge in [-0.25, -0.2) is 9.78 Å². The number of esters is 1. The van der Waals surface area contributed by atoms with E-state index in [4.69, 9.17) is 8.92 Å². The fraction of sp³-hybridized carbons (Fsp3) is 0.333. The summed E-state index contributed by atoms with van der Waals surface area (Å²) >= 11 is 0. The summed E-state index contributed by atoms with van der Waals surface area (Å²) in [6.07, 6.45) is 0. The van der Waals surface area contributed by atoms with Crippen molar-refractivity contribution in [2.24, 2.45) is 0 Å². The first-order chi connectivity index (χ1) is 11.5. The Bertz CT molecular complexity index is 881. The number of benzene rings is 1. The minimum Gasteiger partial charge on any atom is -0.465 e. The fourth-order valence-electron chi connectivity index (χ4n) is 2.03. The van der Waals surface area contributed by atoms with Crippen molar-refractivity contribution in [2.75, 3.05) is 7.11 Å². The van der Waals surface area contributed by atoms with Gasteiger partial charge in [0.05, 0.1) is 18.4 Å². The Kier molecular flexibility index (Phi) is 5.17. The molecule has 0 atom stereocenters. The molecular formula is C18H21NO5S. The Hall–Kier alpha value is -2.41. The highest BCUT2D eigenvalue weighted by molar-refractivity contribution is 7.87. The number of aromatic nitrogens is 1. The predicted octanol–water partition coefficient (Wildman–Crippen LogP) is 3.24. The molecule has 0 saturated heterocycles. The molecule has 0 N–H and O–H groups in total. The van der Waals surface area contributed by atoms with E-state index in [1.165, 1.54) is 25.3 Å². The monoisotopic (exact) mass is 363 g/mol. The number of pyridine rings is 1. The Morgan fingerprint density at radius 2 is 1.68 bits per heavy atom. The van der Waals surface area contributed by atoms with E-state index in [9.17, 15) is 13.2 Å². The molecule has 0 unspecified atom stereocenters. The topological polar surface area (TPSA) is 82.6 Å². The fourth-order valence-corrected chi connectivity index (χ4v) is 2.91. The van der Waals surface area contributed by atoms with E-state index in [1.807, 2.05) is 27.7 Å². The van der Waals surface area contributed by atoms with Crippen LogP contribution in [0.2, 0.25) is 0 Å². The van der Waals surface area contributed by atoms with Crippen LogP contribution in [-0.4, -0.2) is 26.5 Å². The number of hydrogen-bond donors (Lipinski definition) is 0. The average molecular weight is 363 g/mol. The molecule has 0 bridgehead atoms. The van der Waals surface area contributed by atoms with Crippen LogP contribution >= 0.6 is 0 Å². The quantitative estimate of drug-likeness (QED) is 0.613. The second kappa shape index (κ2) is 6.84. The van der Waals surface area contributed by atoms with Gasteiger partial charge in [-0.1, -0.05) is 38.5 Å². The van der Waals surface area contributed by atoms with Crippen LogP contribution in [0.1, 0.15) is 42.4 Å². The number of ether oxygens (including phenoxy) is 1. The molecule has 1 aromatic carbocycles. The minimum atomic E-state index is -4.06. The number of methoxy groups -OCH3 is 1. The highest BCUT2D eigenvalue weighted by Crippen LogP contribution is 2.26. The largest absolute Gasteiger partial charge is 0.465 e. The van der Waals surface area contributed by atoms with Gasteiger partial charge in [0.15, 0.2) is 0 Å². The van der Waals surface area contributed by atoms with Crippen LogP contribution in [0, 0.1) is 6.92 Å². The SMILES string of the molecule is COC(=O)c1cc(OS(=O)(=O)c2ccc(C)cc2)nc(C(C)(C)C)c1. The molecule has 1 aromatic heterocycles. The normalized spacial score (nSPS) is 11.9. The summed E-state index contributed by atoms with van der Waals surface area (Å²) in [6.45, 7) is 7.55. The van der Waals surface area contributed by atoms with E-state index in [0.717, 1.165) is 5.56 Å². The molecule has 0 amide bonds. The minimum absolute atomic E-state index is 0.0145.